The molecule has 0 spiro atoms. The van der Waals surface area contributed by atoms with Gasteiger partial charge in [-0.15, -0.1) is 0 Å². The predicted molar refractivity (Wildman–Crippen MR) is 79.7 cm³/mol. The molecule has 0 bridgehead atoms. The lowest BCUT2D eigenvalue weighted by Gasteiger charge is -2.34. The van der Waals surface area contributed by atoms with Crippen LogP contribution in [0, 0.1) is 11.2 Å². The van der Waals surface area contributed by atoms with Crippen molar-refractivity contribution >= 4 is 15.9 Å². The molecule has 0 saturated heterocycles. The summed E-state index contributed by atoms with van der Waals surface area (Å²) in [4.78, 5) is 3.88. The number of alkyl halides is 1. The summed E-state index contributed by atoms with van der Waals surface area (Å²) in [7, 11) is 0. The number of nitrogens with zero attached hydrogens (tertiary/aromatic N) is 3. The van der Waals surface area contributed by atoms with Crippen LogP contribution in [0.2, 0.25) is 0 Å². The van der Waals surface area contributed by atoms with Crippen LogP contribution in [0.15, 0.2) is 36.9 Å². The van der Waals surface area contributed by atoms with Gasteiger partial charge in [-0.2, -0.15) is 5.10 Å². The highest BCUT2D eigenvalue weighted by atomic mass is 79.9. The monoisotopic (exact) mass is 357 g/mol. The summed E-state index contributed by atoms with van der Waals surface area (Å²) in [6.07, 6.45) is 1.24. The van der Waals surface area contributed by atoms with Crippen LogP contribution < -0.4 is 4.74 Å². The van der Waals surface area contributed by atoms with E-state index in [1.807, 2.05) is 13.8 Å². The van der Waals surface area contributed by atoms with Crippen molar-refractivity contribution in [2.45, 2.75) is 26.2 Å². The number of rotatable bonds is 6. The fourth-order valence-electron chi connectivity index (χ4n) is 1.73. The van der Waals surface area contributed by atoms with Crippen molar-refractivity contribution < 1.29 is 14.2 Å². The van der Waals surface area contributed by atoms with Gasteiger partial charge in [0.25, 0.3) is 0 Å². The first-order chi connectivity index (χ1) is 9.94. The number of ether oxygens (including phenoxy) is 1. The van der Waals surface area contributed by atoms with E-state index in [4.69, 9.17) is 4.74 Å². The Hall–Kier alpha value is -1.47. The van der Waals surface area contributed by atoms with Gasteiger partial charge in [0.1, 0.15) is 30.3 Å². The van der Waals surface area contributed by atoms with Crippen molar-refractivity contribution in [1.29, 1.82) is 0 Å². The van der Waals surface area contributed by atoms with E-state index in [0.717, 1.165) is 0 Å². The Labute approximate surface area is 130 Å². The summed E-state index contributed by atoms with van der Waals surface area (Å²) in [6, 6.07) is 5.62. The first kappa shape index (κ1) is 15.9. The largest absolute Gasteiger partial charge is 0.466 e. The molecule has 2 aromatic rings. The zero-order valence-corrected chi connectivity index (χ0v) is 13.4. The Morgan fingerprint density at radius 1 is 1.38 bits per heavy atom. The van der Waals surface area contributed by atoms with E-state index in [2.05, 4.69) is 26.0 Å². The zero-order valence-electron chi connectivity index (χ0n) is 11.8. The van der Waals surface area contributed by atoms with E-state index < -0.39 is 17.7 Å². The Morgan fingerprint density at radius 3 is 2.57 bits per heavy atom. The fraction of sp³-hybridized carbons (Fsp3) is 0.429. The molecule has 0 amide bonds. The van der Waals surface area contributed by atoms with Crippen molar-refractivity contribution in [3.8, 4) is 5.75 Å². The number of benzene rings is 1. The molecule has 0 aliphatic rings. The first-order valence-corrected chi connectivity index (χ1v) is 7.56. The lowest BCUT2D eigenvalue weighted by atomic mass is 9.88. The second-order valence-electron chi connectivity index (χ2n) is 5.40. The molecule has 1 aromatic carbocycles. The fourth-order valence-corrected chi connectivity index (χ4v) is 2.06. The second kappa shape index (κ2) is 6.53. The highest BCUT2D eigenvalue weighted by molar-refractivity contribution is 9.09. The minimum atomic E-state index is -0.844. The lowest BCUT2D eigenvalue weighted by Crippen LogP contribution is -2.41. The molecule has 0 saturated carbocycles. The van der Waals surface area contributed by atoms with Gasteiger partial charge in [-0.3, -0.25) is 0 Å². The van der Waals surface area contributed by atoms with Gasteiger partial charge in [-0.05, 0) is 24.3 Å². The maximum absolute atomic E-state index is 13.0. The molecule has 21 heavy (non-hydrogen) atoms. The zero-order chi connectivity index (χ0) is 15.5. The van der Waals surface area contributed by atoms with Crippen molar-refractivity contribution in [2.75, 3.05) is 5.33 Å². The number of hydrogen-bond acceptors (Lipinski definition) is 4. The molecule has 5 nitrogen and oxygen atoms in total. The molecule has 114 valence electrons. The average Bonchev–Trinajstić information content (AvgIpc) is 3.00. The molecule has 0 aliphatic heterocycles. The van der Waals surface area contributed by atoms with Gasteiger partial charge in [0.05, 0.1) is 0 Å². The Morgan fingerprint density at radius 2 is 2.05 bits per heavy atom. The van der Waals surface area contributed by atoms with Crippen LogP contribution in [0.4, 0.5) is 4.39 Å². The number of halogens is 2. The van der Waals surface area contributed by atoms with Crippen molar-refractivity contribution in [3.05, 3.63) is 42.7 Å². The van der Waals surface area contributed by atoms with Gasteiger partial charge in [0, 0.05) is 10.7 Å². The molecule has 0 radical (unpaired) electrons. The number of aliphatic hydroxyl groups is 1. The first-order valence-electron chi connectivity index (χ1n) is 6.44. The minimum absolute atomic E-state index is 0.346. The molecule has 7 heteroatoms. The van der Waals surface area contributed by atoms with Crippen LogP contribution in [0.5, 0.6) is 5.75 Å². The quantitative estimate of drug-likeness (QED) is 0.807. The van der Waals surface area contributed by atoms with Gasteiger partial charge >= 0.3 is 0 Å². The van der Waals surface area contributed by atoms with Gasteiger partial charge in [-0.25, -0.2) is 14.1 Å². The maximum Gasteiger partial charge on any atom is 0.219 e. The highest BCUT2D eigenvalue weighted by Crippen LogP contribution is 2.32. The Bertz CT molecular complexity index is 560. The third kappa shape index (κ3) is 3.79. The Kier molecular flexibility index (Phi) is 4.95. The van der Waals surface area contributed by atoms with E-state index >= 15 is 0 Å². The average molecular weight is 358 g/mol. The van der Waals surface area contributed by atoms with Crippen LogP contribution >= 0.6 is 15.9 Å². The van der Waals surface area contributed by atoms with Crippen molar-refractivity contribution in [1.82, 2.24) is 14.8 Å². The topological polar surface area (TPSA) is 60.2 Å². The number of aromatic nitrogens is 3. The molecule has 1 N–H and O–H groups in total. The Balaban J connectivity index is 2.27. The van der Waals surface area contributed by atoms with Gasteiger partial charge in [0.2, 0.25) is 6.23 Å². The third-order valence-corrected chi connectivity index (χ3v) is 4.63. The molecular weight excluding hydrogens is 341 g/mol. The van der Waals surface area contributed by atoms with Gasteiger partial charge in [-0.1, -0.05) is 29.8 Å². The normalized spacial score (nSPS) is 14.7. The summed E-state index contributed by atoms with van der Waals surface area (Å²) in [6.45, 7) is 3.81. The summed E-state index contributed by atoms with van der Waals surface area (Å²) >= 11 is 3.39. The standard InChI is InChI=1S/C14H17BrFN3O2/c1-14(2,7-15)12(20)13(19-9-17-8-18-19)21-11-5-3-10(16)4-6-11/h3-6,8-9,12-13,20H,7H2,1-2H3. The molecule has 0 aliphatic carbocycles. The molecular formula is C14H17BrFN3O2. The predicted octanol–water partition coefficient (Wildman–Crippen LogP) is 2.78. The minimum Gasteiger partial charge on any atom is -0.466 e. The van der Waals surface area contributed by atoms with Gasteiger partial charge in [0.15, 0.2) is 0 Å². The van der Waals surface area contributed by atoms with E-state index in [1.165, 1.54) is 41.6 Å². The van der Waals surface area contributed by atoms with Crippen LogP contribution in [0.1, 0.15) is 20.1 Å². The molecule has 1 aromatic heterocycles. The van der Waals surface area contributed by atoms with Crippen LogP contribution in [0.25, 0.3) is 0 Å². The van der Waals surface area contributed by atoms with Gasteiger partial charge < -0.3 is 9.84 Å². The van der Waals surface area contributed by atoms with E-state index in [9.17, 15) is 9.50 Å². The van der Waals surface area contributed by atoms with Crippen LogP contribution in [-0.4, -0.2) is 31.3 Å². The molecule has 1 heterocycles. The third-order valence-electron chi connectivity index (χ3n) is 3.18. The molecule has 2 atom stereocenters. The van der Waals surface area contributed by atoms with Crippen LogP contribution in [0.3, 0.4) is 0 Å². The SMILES string of the molecule is CC(C)(CBr)C(O)C(Oc1ccc(F)cc1)n1cncn1. The summed E-state index contributed by atoms with van der Waals surface area (Å²) in [5.41, 5.74) is -0.448. The number of aliphatic hydroxyl groups excluding tert-OH is 1. The highest BCUT2D eigenvalue weighted by Gasteiger charge is 2.36. The maximum atomic E-state index is 13.0. The molecule has 0 fully saturated rings. The molecule has 2 unspecified atom stereocenters. The summed E-state index contributed by atoms with van der Waals surface area (Å²) in [5.74, 6) is 0.0994. The van der Waals surface area contributed by atoms with E-state index in [-0.39, 0.29) is 5.82 Å². The second-order valence-corrected chi connectivity index (χ2v) is 5.97. The lowest BCUT2D eigenvalue weighted by molar-refractivity contribution is -0.0710. The molecule has 2 rings (SSSR count). The van der Waals surface area contributed by atoms with Crippen molar-refractivity contribution in [3.63, 3.8) is 0 Å². The van der Waals surface area contributed by atoms with Crippen molar-refractivity contribution in [2.24, 2.45) is 5.41 Å². The number of hydrogen-bond donors (Lipinski definition) is 1. The van der Waals surface area contributed by atoms with E-state index in [1.54, 1.807) is 0 Å². The van der Waals surface area contributed by atoms with Crippen LogP contribution in [-0.2, 0) is 0 Å². The summed E-state index contributed by atoms with van der Waals surface area (Å²) < 4.78 is 20.2. The summed E-state index contributed by atoms with van der Waals surface area (Å²) in [5, 5.41) is 15.2. The van der Waals surface area contributed by atoms with E-state index in [0.29, 0.717) is 11.1 Å². The smallest absolute Gasteiger partial charge is 0.219 e.